The Kier molecular flexibility index (Phi) is 4.10. The molecule has 5 heteroatoms. The fraction of sp³-hybridized carbons (Fsp3) is 0.429. The van der Waals surface area contributed by atoms with Gasteiger partial charge in [-0.05, 0) is 30.9 Å². The van der Waals surface area contributed by atoms with Gasteiger partial charge in [-0.3, -0.25) is 4.79 Å². The van der Waals surface area contributed by atoms with Gasteiger partial charge < -0.3 is 10.0 Å². The summed E-state index contributed by atoms with van der Waals surface area (Å²) in [5.41, 5.74) is 0.365. The van der Waals surface area contributed by atoms with E-state index in [2.05, 4.69) is 0 Å². The first-order chi connectivity index (χ1) is 9.02. The van der Waals surface area contributed by atoms with Crippen LogP contribution in [0.2, 0.25) is 5.02 Å². The van der Waals surface area contributed by atoms with E-state index in [1.165, 1.54) is 4.90 Å². The quantitative estimate of drug-likeness (QED) is 0.907. The van der Waals surface area contributed by atoms with Crippen LogP contribution in [-0.4, -0.2) is 34.5 Å². The van der Waals surface area contributed by atoms with Crippen LogP contribution in [0.4, 0.5) is 0 Å². The number of rotatable bonds is 2. The minimum Gasteiger partial charge on any atom is -0.480 e. The second kappa shape index (κ2) is 5.61. The van der Waals surface area contributed by atoms with Crippen molar-refractivity contribution in [3.8, 4) is 0 Å². The number of aliphatic carboxylic acids is 1. The molecule has 1 aliphatic heterocycles. The molecule has 0 bridgehead atoms. The van der Waals surface area contributed by atoms with Crippen LogP contribution in [0.3, 0.4) is 0 Å². The Morgan fingerprint density at radius 2 is 2.05 bits per heavy atom. The largest absolute Gasteiger partial charge is 0.480 e. The van der Waals surface area contributed by atoms with E-state index >= 15 is 0 Å². The number of carbonyl (C=O) groups excluding carboxylic acids is 1. The zero-order valence-electron chi connectivity index (χ0n) is 10.7. The lowest BCUT2D eigenvalue weighted by molar-refractivity contribution is -0.145. The van der Waals surface area contributed by atoms with E-state index in [0.717, 1.165) is 12.8 Å². The fourth-order valence-corrected chi connectivity index (χ4v) is 2.80. The van der Waals surface area contributed by atoms with Gasteiger partial charge >= 0.3 is 5.97 Å². The first kappa shape index (κ1) is 13.9. The van der Waals surface area contributed by atoms with E-state index in [1.54, 1.807) is 24.3 Å². The maximum absolute atomic E-state index is 12.5. The van der Waals surface area contributed by atoms with Crippen LogP contribution in [0.25, 0.3) is 0 Å². The van der Waals surface area contributed by atoms with Gasteiger partial charge in [-0.1, -0.05) is 30.7 Å². The predicted molar refractivity (Wildman–Crippen MR) is 72.3 cm³/mol. The average molecular weight is 282 g/mol. The molecule has 1 N–H and O–H groups in total. The highest BCUT2D eigenvalue weighted by molar-refractivity contribution is 6.33. The normalized spacial score (nSPS) is 23.2. The second-order valence-corrected chi connectivity index (χ2v) is 5.29. The number of hydrogen-bond donors (Lipinski definition) is 1. The molecule has 2 rings (SSSR count). The van der Waals surface area contributed by atoms with E-state index in [-0.39, 0.29) is 11.8 Å². The third-order valence-electron chi connectivity index (χ3n) is 3.55. The van der Waals surface area contributed by atoms with Gasteiger partial charge in [0.25, 0.3) is 5.91 Å². The first-order valence-corrected chi connectivity index (χ1v) is 6.68. The van der Waals surface area contributed by atoms with Crippen molar-refractivity contribution >= 4 is 23.5 Å². The molecule has 0 aliphatic carbocycles. The van der Waals surface area contributed by atoms with E-state index in [4.69, 9.17) is 11.6 Å². The second-order valence-electron chi connectivity index (χ2n) is 4.88. The van der Waals surface area contributed by atoms with Crippen LogP contribution < -0.4 is 0 Å². The number of carbonyl (C=O) groups is 2. The van der Waals surface area contributed by atoms with Gasteiger partial charge in [0.15, 0.2) is 0 Å². The Bertz CT molecular complexity index is 503. The number of amides is 1. The Hall–Kier alpha value is -1.55. The maximum atomic E-state index is 12.5. The number of halogens is 1. The molecule has 1 saturated heterocycles. The summed E-state index contributed by atoms with van der Waals surface area (Å²) in [5, 5.41) is 9.67. The monoisotopic (exact) mass is 281 g/mol. The summed E-state index contributed by atoms with van der Waals surface area (Å²) in [6.07, 6.45) is 1.64. The molecule has 1 fully saturated rings. The van der Waals surface area contributed by atoms with Crippen molar-refractivity contribution in [1.29, 1.82) is 0 Å². The number of benzene rings is 1. The molecular formula is C14H16ClNO3. The maximum Gasteiger partial charge on any atom is 0.326 e. The summed E-state index contributed by atoms with van der Waals surface area (Å²) in [6.45, 7) is 2.33. The predicted octanol–water partition coefficient (Wildman–Crippen LogP) is 2.67. The third kappa shape index (κ3) is 2.73. The molecular weight excluding hydrogens is 266 g/mol. The highest BCUT2D eigenvalue weighted by Gasteiger charge is 2.37. The minimum atomic E-state index is -0.951. The lowest BCUT2D eigenvalue weighted by Crippen LogP contribution is -2.51. The Morgan fingerprint density at radius 3 is 2.68 bits per heavy atom. The number of piperidine rings is 1. The Balaban J connectivity index is 2.31. The lowest BCUT2D eigenvalue weighted by Gasteiger charge is -2.37. The van der Waals surface area contributed by atoms with Crippen molar-refractivity contribution in [2.45, 2.75) is 25.8 Å². The Morgan fingerprint density at radius 1 is 1.37 bits per heavy atom. The number of likely N-dealkylation sites (tertiary alicyclic amines) is 1. The highest BCUT2D eigenvalue weighted by Crippen LogP contribution is 2.27. The van der Waals surface area contributed by atoms with E-state index in [1.807, 2.05) is 6.92 Å². The van der Waals surface area contributed by atoms with Gasteiger partial charge in [-0.25, -0.2) is 4.79 Å². The minimum absolute atomic E-state index is 0.0438. The SMILES string of the molecule is CC1CCCN(C(=O)c2ccccc2Cl)C1C(=O)O. The van der Waals surface area contributed by atoms with Crippen molar-refractivity contribution in [2.75, 3.05) is 6.54 Å². The lowest BCUT2D eigenvalue weighted by atomic mass is 9.90. The molecule has 1 amide bonds. The zero-order chi connectivity index (χ0) is 14.0. The number of hydrogen-bond acceptors (Lipinski definition) is 2. The third-order valence-corrected chi connectivity index (χ3v) is 3.88. The summed E-state index contributed by atoms with van der Waals surface area (Å²) < 4.78 is 0. The fourth-order valence-electron chi connectivity index (χ4n) is 2.58. The van der Waals surface area contributed by atoms with E-state index in [0.29, 0.717) is 17.1 Å². The van der Waals surface area contributed by atoms with Crippen molar-refractivity contribution in [3.63, 3.8) is 0 Å². The number of nitrogens with zero attached hydrogens (tertiary/aromatic N) is 1. The van der Waals surface area contributed by atoms with Crippen LogP contribution in [0.5, 0.6) is 0 Å². The summed E-state index contributed by atoms with van der Waals surface area (Å²) in [5.74, 6) is -1.30. The van der Waals surface area contributed by atoms with Crippen LogP contribution in [0, 0.1) is 5.92 Å². The van der Waals surface area contributed by atoms with Gasteiger partial charge in [0.2, 0.25) is 0 Å². The highest BCUT2D eigenvalue weighted by atomic mass is 35.5. The molecule has 1 heterocycles. The van der Waals surface area contributed by atoms with Gasteiger partial charge in [0, 0.05) is 6.54 Å². The van der Waals surface area contributed by atoms with Crippen molar-refractivity contribution in [2.24, 2.45) is 5.92 Å². The van der Waals surface area contributed by atoms with Crippen LogP contribution in [0.15, 0.2) is 24.3 Å². The molecule has 2 atom stereocenters. The molecule has 19 heavy (non-hydrogen) atoms. The molecule has 2 unspecified atom stereocenters. The molecule has 0 aromatic heterocycles. The summed E-state index contributed by atoms with van der Waals surface area (Å²) in [4.78, 5) is 25.3. The average Bonchev–Trinajstić information content (AvgIpc) is 2.37. The van der Waals surface area contributed by atoms with Crippen LogP contribution >= 0.6 is 11.6 Å². The summed E-state index contributed by atoms with van der Waals surface area (Å²) in [6, 6.07) is 5.97. The number of carboxylic acid groups (broad SMARTS) is 1. The van der Waals surface area contributed by atoms with Gasteiger partial charge in [0.05, 0.1) is 10.6 Å². The smallest absolute Gasteiger partial charge is 0.326 e. The zero-order valence-corrected chi connectivity index (χ0v) is 11.4. The molecule has 0 radical (unpaired) electrons. The van der Waals surface area contributed by atoms with Crippen molar-refractivity contribution in [3.05, 3.63) is 34.9 Å². The molecule has 1 aromatic rings. The summed E-state index contributed by atoms with van der Waals surface area (Å²) >= 11 is 6.01. The molecule has 1 aromatic carbocycles. The van der Waals surface area contributed by atoms with E-state index in [9.17, 15) is 14.7 Å². The van der Waals surface area contributed by atoms with Crippen LogP contribution in [0.1, 0.15) is 30.1 Å². The standard InChI is InChI=1S/C14H16ClNO3/c1-9-5-4-8-16(12(9)14(18)19)13(17)10-6-2-3-7-11(10)15/h2-3,6-7,9,12H,4-5,8H2,1H3,(H,18,19). The van der Waals surface area contributed by atoms with E-state index < -0.39 is 12.0 Å². The topological polar surface area (TPSA) is 57.6 Å². The molecule has 0 spiro atoms. The number of carboxylic acids is 1. The van der Waals surface area contributed by atoms with Gasteiger partial charge in [0.1, 0.15) is 6.04 Å². The van der Waals surface area contributed by atoms with Crippen molar-refractivity contribution in [1.82, 2.24) is 4.90 Å². The summed E-state index contributed by atoms with van der Waals surface area (Å²) in [7, 11) is 0. The Labute approximate surface area is 117 Å². The van der Waals surface area contributed by atoms with Crippen LogP contribution in [-0.2, 0) is 4.79 Å². The van der Waals surface area contributed by atoms with Gasteiger partial charge in [-0.15, -0.1) is 0 Å². The molecule has 1 aliphatic rings. The first-order valence-electron chi connectivity index (χ1n) is 6.30. The van der Waals surface area contributed by atoms with Crippen molar-refractivity contribution < 1.29 is 14.7 Å². The molecule has 4 nitrogen and oxygen atoms in total. The van der Waals surface area contributed by atoms with Gasteiger partial charge in [-0.2, -0.15) is 0 Å². The molecule has 102 valence electrons. The molecule has 0 saturated carbocycles.